The standard InChI is InChI=1S/C12H16N4OS/c13-9-1-2-10(12-11(9)15-17-16-12)14-7-8-3-5-18-6-4-8/h1-2,8,14H,3-7,13H2. The summed E-state index contributed by atoms with van der Waals surface area (Å²) in [5.74, 6) is 3.29. The van der Waals surface area contributed by atoms with Crippen LogP contribution in [0, 0.1) is 5.92 Å². The number of hydrogen-bond donors (Lipinski definition) is 2. The van der Waals surface area contributed by atoms with Gasteiger partial charge in [-0.15, -0.1) is 0 Å². The van der Waals surface area contributed by atoms with Crippen LogP contribution in [0.3, 0.4) is 0 Å². The Bertz CT molecular complexity index is 536. The molecule has 0 unspecified atom stereocenters. The molecule has 1 fully saturated rings. The third-order valence-corrected chi connectivity index (χ3v) is 4.42. The van der Waals surface area contributed by atoms with Gasteiger partial charge in [-0.3, -0.25) is 0 Å². The Kier molecular flexibility index (Phi) is 3.27. The molecule has 1 saturated heterocycles. The van der Waals surface area contributed by atoms with E-state index in [9.17, 15) is 0 Å². The van der Waals surface area contributed by atoms with Gasteiger partial charge in [0.15, 0.2) is 11.0 Å². The van der Waals surface area contributed by atoms with E-state index in [4.69, 9.17) is 10.4 Å². The highest BCUT2D eigenvalue weighted by Crippen LogP contribution is 2.27. The summed E-state index contributed by atoms with van der Waals surface area (Å²) < 4.78 is 4.75. The third kappa shape index (κ3) is 2.25. The lowest BCUT2D eigenvalue weighted by atomic mass is 10.0. The molecule has 0 radical (unpaired) electrons. The second-order valence-electron chi connectivity index (χ2n) is 4.60. The van der Waals surface area contributed by atoms with Crippen molar-refractivity contribution in [1.29, 1.82) is 0 Å². The Labute approximate surface area is 109 Å². The number of hydrogen-bond acceptors (Lipinski definition) is 6. The van der Waals surface area contributed by atoms with Gasteiger partial charge in [0, 0.05) is 6.54 Å². The molecule has 96 valence electrons. The van der Waals surface area contributed by atoms with Crippen molar-refractivity contribution in [2.45, 2.75) is 12.8 Å². The van der Waals surface area contributed by atoms with Crippen molar-refractivity contribution in [2.75, 3.05) is 29.1 Å². The van der Waals surface area contributed by atoms with E-state index in [1.54, 1.807) is 0 Å². The number of aromatic nitrogens is 2. The van der Waals surface area contributed by atoms with Crippen LogP contribution in [0.25, 0.3) is 11.0 Å². The summed E-state index contributed by atoms with van der Waals surface area (Å²) in [6, 6.07) is 3.78. The lowest BCUT2D eigenvalue weighted by molar-refractivity contribution is 0.315. The molecule has 1 aromatic carbocycles. The van der Waals surface area contributed by atoms with E-state index in [1.165, 1.54) is 24.3 Å². The minimum absolute atomic E-state index is 0.603. The quantitative estimate of drug-likeness (QED) is 0.829. The van der Waals surface area contributed by atoms with Gasteiger partial charge in [-0.05, 0) is 52.7 Å². The number of benzene rings is 1. The maximum absolute atomic E-state index is 5.82. The highest BCUT2D eigenvalue weighted by atomic mass is 32.2. The molecule has 1 aromatic heterocycles. The number of anilines is 2. The molecule has 0 bridgehead atoms. The van der Waals surface area contributed by atoms with Gasteiger partial charge in [-0.2, -0.15) is 11.8 Å². The average Bonchev–Trinajstić information content (AvgIpc) is 2.90. The first-order valence-electron chi connectivity index (χ1n) is 6.17. The summed E-state index contributed by atoms with van der Waals surface area (Å²) >= 11 is 2.04. The highest BCUT2D eigenvalue weighted by Gasteiger charge is 2.15. The van der Waals surface area contributed by atoms with Crippen LogP contribution in [-0.2, 0) is 0 Å². The van der Waals surface area contributed by atoms with E-state index in [-0.39, 0.29) is 0 Å². The van der Waals surface area contributed by atoms with E-state index in [0.29, 0.717) is 11.2 Å². The molecule has 0 atom stereocenters. The SMILES string of the molecule is Nc1ccc(NCC2CCSCC2)c2nonc12. The molecular weight excluding hydrogens is 248 g/mol. The van der Waals surface area contributed by atoms with Crippen molar-refractivity contribution in [3.8, 4) is 0 Å². The maximum atomic E-state index is 5.82. The second-order valence-corrected chi connectivity index (χ2v) is 5.83. The fourth-order valence-electron chi connectivity index (χ4n) is 2.23. The van der Waals surface area contributed by atoms with Crippen LogP contribution in [-0.4, -0.2) is 28.4 Å². The molecule has 6 heteroatoms. The Balaban J connectivity index is 1.74. The van der Waals surface area contributed by atoms with Gasteiger partial charge in [0.25, 0.3) is 0 Å². The lowest BCUT2D eigenvalue weighted by Gasteiger charge is -2.22. The Hall–Kier alpha value is -1.43. The van der Waals surface area contributed by atoms with Gasteiger partial charge in [-0.25, -0.2) is 4.63 Å². The first kappa shape index (κ1) is 11.6. The molecular formula is C12H16N4OS. The van der Waals surface area contributed by atoms with E-state index >= 15 is 0 Å². The number of nitrogen functional groups attached to an aromatic ring is 1. The van der Waals surface area contributed by atoms with Crippen molar-refractivity contribution in [1.82, 2.24) is 10.3 Å². The van der Waals surface area contributed by atoms with Crippen LogP contribution in [0.15, 0.2) is 16.8 Å². The molecule has 0 saturated carbocycles. The third-order valence-electron chi connectivity index (χ3n) is 3.37. The number of nitrogens with two attached hydrogens (primary N) is 1. The molecule has 5 nitrogen and oxygen atoms in total. The Morgan fingerprint density at radius 1 is 1.28 bits per heavy atom. The summed E-state index contributed by atoms with van der Waals surface area (Å²) in [5.41, 5.74) is 8.74. The van der Waals surface area contributed by atoms with Crippen LogP contribution in [0.5, 0.6) is 0 Å². The monoisotopic (exact) mass is 264 g/mol. The second kappa shape index (κ2) is 5.06. The van der Waals surface area contributed by atoms with Crippen molar-refractivity contribution >= 4 is 34.2 Å². The summed E-state index contributed by atoms with van der Waals surface area (Å²) in [7, 11) is 0. The number of rotatable bonds is 3. The minimum Gasteiger partial charge on any atom is -0.397 e. The molecule has 2 aromatic rings. The van der Waals surface area contributed by atoms with E-state index in [0.717, 1.165) is 23.7 Å². The topological polar surface area (TPSA) is 77.0 Å². The van der Waals surface area contributed by atoms with Crippen molar-refractivity contribution < 1.29 is 4.63 Å². The van der Waals surface area contributed by atoms with Crippen LogP contribution in [0.2, 0.25) is 0 Å². The van der Waals surface area contributed by atoms with Crippen molar-refractivity contribution in [2.24, 2.45) is 5.92 Å². The first-order valence-corrected chi connectivity index (χ1v) is 7.32. The van der Waals surface area contributed by atoms with Crippen LogP contribution < -0.4 is 11.1 Å². The number of fused-ring (bicyclic) bond motifs is 1. The molecule has 0 spiro atoms. The molecule has 0 aliphatic carbocycles. The van der Waals surface area contributed by atoms with Gasteiger partial charge in [0.1, 0.15) is 0 Å². The lowest BCUT2D eigenvalue weighted by Crippen LogP contribution is -2.19. The Morgan fingerprint density at radius 3 is 2.89 bits per heavy atom. The van der Waals surface area contributed by atoms with Crippen LogP contribution >= 0.6 is 11.8 Å². The molecule has 3 rings (SSSR count). The van der Waals surface area contributed by atoms with Gasteiger partial charge in [0.2, 0.25) is 0 Å². The van der Waals surface area contributed by atoms with Gasteiger partial charge >= 0.3 is 0 Å². The largest absolute Gasteiger partial charge is 0.397 e. The zero-order valence-electron chi connectivity index (χ0n) is 10.1. The van der Waals surface area contributed by atoms with Crippen molar-refractivity contribution in [3.05, 3.63) is 12.1 Å². The number of nitrogens with one attached hydrogen (secondary N) is 1. The fourth-order valence-corrected chi connectivity index (χ4v) is 3.44. The first-order chi connectivity index (χ1) is 8.84. The summed E-state index contributed by atoms with van der Waals surface area (Å²) in [5, 5.41) is 11.2. The predicted octanol–water partition coefficient (Wildman–Crippen LogP) is 2.36. The molecule has 18 heavy (non-hydrogen) atoms. The van der Waals surface area contributed by atoms with E-state index in [1.807, 2.05) is 23.9 Å². The van der Waals surface area contributed by atoms with Gasteiger partial charge in [0.05, 0.1) is 11.4 Å². The maximum Gasteiger partial charge on any atom is 0.160 e. The zero-order chi connectivity index (χ0) is 12.4. The minimum atomic E-state index is 0.603. The van der Waals surface area contributed by atoms with E-state index in [2.05, 4.69) is 15.6 Å². The zero-order valence-corrected chi connectivity index (χ0v) is 10.9. The Morgan fingerprint density at radius 2 is 2.06 bits per heavy atom. The smallest absolute Gasteiger partial charge is 0.160 e. The highest BCUT2D eigenvalue weighted by molar-refractivity contribution is 7.99. The molecule has 2 heterocycles. The number of nitrogens with zero attached hydrogens (tertiary/aromatic N) is 2. The fraction of sp³-hybridized carbons (Fsp3) is 0.500. The summed E-state index contributed by atoms with van der Waals surface area (Å²) in [4.78, 5) is 0. The van der Waals surface area contributed by atoms with Gasteiger partial charge < -0.3 is 11.1 Å². The molecule has 0 amide bonds. The molecule has 1 aliphatic rings. The summed E-state index contributed by atoms with van der Waals surface area (Å²) in [6.45, 7) is 0.979. The van der Waals surface area contributed by atoms with Crippen LogP contribution in [0.1, 0.15) is 12.8 Å². The average molecular weight is 264 g/mol. The molecule has 1 aliphatic heterocycles. The number of thioether (sulfide) groups is 1. The van der Waals surface area contributed by atoms with Crippen LogP contribution in [0.4, 0.5) is 11.4 Å². The van der Waals surface area contributed by atoms with Crippen molar-refractivity contribution in [3.63, 3.8) is 0 Å². The van der Waals surface area contributed by atoms with E-state index < -0.39 is 0 Å². The van der Waals surface area contributed by atoms with Gasteiger partial charge in [-0.1, -0.05) is 0 Å². The molecule has 3 N–H and O–H groups in total. The normalized spacial score (nSPS) is 17.1. The predicted molar refractivity (Wildman–Crippen MR) is 74.8 cm³/mol. The summed E-state index contributed by atoms with van der Waals surface area (Å²) in [6.07, 6.45) is 2.57.